The van der Waals surface area contributed by atoms with Gasteiger partial charge in [-0.15, -0.1) is 0 Å². The summed E-state index contributed by atoms with van der Waals surface area (Å²) in [7, 11) is 1.79. The zero-order valence-electron chi connectivity index (χ0n) is 23.4. The molecule has 3 aromatic rings. The fourth-order valence-corrected chi connectivity index (χ4v) is 6.76. The Morgan fingerprint density at radius 1 is 1.21 bits per heavy atom. The lowest BCUT2D eigenvalue weighted by Gasteiger charge is -2.31. The van der Waals surface area contributed by atoms with E-state index < -0.39 is 45.5 Å². The summed E-state index contributed by atoms with van der Waals surface area (Å²) < 4.78 is 85.3. The maximum Gasteiger partial charge on any atom is 0.418 e. The summed E-state index contributed by atoms with van der Waals surface area (Å²) in [4.78, 5) is 17.2. The molecular formula is C28H31ClF5N7O2. The van der Waals surface area contributed by atoms with Crippen molar-refractivity contribution in [1.82, 2.24) is 25.2 Å². The van der Waals surface area contributed by atoms with E-state index in [-0.39, 0.29) is 47.5 Å². The minimum Gasteiger partial charge on any atom is -0.477 e. The van der Waals surface area contributed by atoms with Crippen LogP contribution in [-0.4, -0.2) is 84.5 Å². The van der Waals surface area contributed by atoms with Gasteiger partial charge in [0.15, 0.2) is 5.82 Å². The average molecular weight is 628 g/mol. The monoisotopic (exact) mass is 627 g/mol. The van der Waals surface area contributed by atoms with Gasteiger partial charge in [-0.2, -0.15) is 23.1 Å². The van der Waals surface area contributed by atoms with E-state index in [0.29, 0.717) is 39.0 Å². The van der Waals surface area contributed by atoms with Crippen molar-refractivity contribution in [3.63, 3.8) is 0 Å². The molecule has 9 nitrogen and oxygen atoms in total. The largest absolute Gasteiger partial charge is 0.477 e. The van der Waals surface area contributed by atoms with Crippen molar-refractivity contribution in [2.24, 2.45) is 0 Å². The first-order chi connectivity index (χ1) is 20.5. The number of nitrogens with two attached hydrogens (primary N) is 1. The second-order valence-corrected chi connectivity index (χ2v) is 11.6. The number of pyridine rings is 1. The van der Waals surface area contributed by atoms with Gasteiger partial charge in [0.05, 0.1) is 22.7 Å². The molecule has 3 aliphatic rings. The molecule has 0 amide bonds. The molecule has 0 aliphatic carbocycles. The summed E-state index contributed by atoms with van der Waals surface area (Å²) in [5, 5.41) is 2.49. The average Bonchev–Trinajstić information content (AvgIpc) is 3.45. The minimum absolute atomic E-state index is 0.0842. The zero-order chi connectivity index (χ0) is 30.5. The predicted octanol–water partition coefficient (Wildman–Crippen LogP) is 4.85. The Hall–Kier alpha value is -3.23. The van der Waals surface area contributed by atoms with Crippen LogP contribution in [0.5, 0.6) is 11.9 Å². The highest BCUT2D eigenvalue weighted by molar-refractivity contribution is 6.32. The fourth-order valence-electron chi connectivity index (χ4n) is 6.42. The van der Waals surface area contributed by atoms with E-state index in [1.54, 1.807) is 7.05 Å². The van der Waals surface area contributed by atoms with Gasteiger partial charge >= 0.3 is 12.2 Å². The zero-order valence-corrected chi connectivity index (χ0v) is 24.2. The lowest BCUT2D eigenvalue weighted by Crippen LogP contribution is -2.43. The number of rotatable bonds is 7. The van der Waals surface area contributed by atoms with Crippen molar-refractivity contribution in [2.75, 3.05) is 63.6 Å². The lowest BCUT2D eigenvalue weighted by atomic mass is 9.95. The Morgan fingerprint density at radius 2 is 2.02 bits per heavy atom. The molecule has 2 atom stereocenters. The van der Waals surface area contributed by atoms with Crippen molar-refractivity contribution in [2.45, 2.75) is 43.6 Å². The number of anilines is 2. The number of nitrogens with zero attached hydrogens (tertiary/aromatic N) is 5. The van der Waals surface area contributed by atoms with Crippen molar-refractivity contribution in [1.29, 1.82) is 0 Å². The van der Waals surface area contributed by atoms with E-state index >= 15 is 4.39 Å². The fraction of sp³-hybridized carbons (Fsp3) is 0.536. The Bertz CT molecular complexity index is 1540. The van der Waals surface area contributed by atoms with Crippen molar-refractivity contribution in [3.05, 3.63) is 28.5 Å². The molecule has 2 fully saturated rings. The van der Waals surface area contributed by atoms with Crippen LogP contribution in [0.15, 0.2) is 12.1 Å². The molecule has 43 heavy (non-hydrogen) atoms. The first-order valence-corrected chi connectivity index (χ1v) is 14.5. The Kier molecular flexibility index (Phi) is 7.88. The molecular weight excluding hydrogens is 597 g/mol. The van der Waals surface area contributed by atoms with E-state index in [2.05, 4.69) is 25.2 Å². The Morgan fingerprint density at radius 3 is 2.79 bits per heavy atom. The molecule has 1 aromatic carbocycles. The smallest absolute Gasteiger partial charge is 0.418 e. The van der Waals surface area contributed by atoms with Gasteiger partial charge in [0.25, 0.3) is 0 Å². The third-order valence-electron chi connectivity index (χ3n) is 8.34. The van der Waals surface area contributed by atoms with Gasteiger partial charge in [0.1, 0.15) is 35.2 Å². The third kappa shape index (κ3) is 5.48. The molecule has 0 unspecified atom stereocenters. The van der Waals surface area contributed by atoms with Gasteiger partial charge in [0, 0.05) is 43.9 Å². The summed E-state index contributed by atoms with van der Waals surface area (Å²) in [6.45, 7) is 2.88. The molecule has 2 saturated heterocycles. The maximum absolute atomic E-state index is 16.5. The highest BCUT2D eigenvalue weighted by atomic mass is 35.5. The van der Waals surface area contributed by atoms with Crippen molar-refractivity contribution >= 4 is 34.0 Å². The number of alkyl halides is 4. The Labute approximate surface area is 249 Å². The first kappa shape index (κ1) is 29.8. The lowest BCUT2D eigenvalue weighted by molar-refractivity contribution is -0.137. The number of hydrogen-bond acceptors (Lipinski definition) is 9. The number of hydrogen-bond donors (Lipinski definition) is 2. The number of aromatic nitrogens is 3. The molecule has 0 bridgehead atoms. The molecule has 5 heterocycles. The van der Waals surface area contributed by atoms with Crippen LogP contribution >= 0.6 is 11.6 Å². The van der Waals surface area contributed by atoms with Crippen molar-refractivity contribution < 1.29 is 31.4 Å². The number of ether oxygens (including phenoxy) is 2. The molecule has 0 radical (unpaired) electrons. The SMILES string of the molecule is CNCCN1CCCOc2nc(-c3cc(N)cc(Cl)c3C(F)(F)F)c(F)c3nc(OC[C@@]45CCCN4C[C@H](F)C5)nc1c23. The Balaban J connectivity index is 1.54. The highest BCUT2D eigenvalue weighted by Crippen LogP contribution is 2.46. The van der Waals surface area contributed by atoms with E-state index in [1.165, 1.54) is 0 Å². The number of nitrogens with one attached hydrogen (secondary N) is 1. The van der Waals surface area contributed by atoms with Crippen LogP contribution in [-0.2, 0) is 6.18 Å². The predicted molar refractivity (Wildman–Crippen MR) is 152 cm³/mol. The van der Waals surface area contributed by atoms with E-state index in [9.17, 15) is 17.6 Å². The van der Waals surface area contributed by atoms with Crippen LogP contribution in [0.4, 0.5) is 33.5 Å². The van der Waals surface area contributed by atoms with Crippen LogP contribution in [0.25, 0.3) is 22.2 Å². The number of halogens is 6. The second kappa shape index (κ2) is 11.4. The topological polar surface area (TPSA) is 102 Å². The summed E-state index contributed by atoms with van der Waals surface area (Å²) in [5.41, 5.74) is 2.30. The summed E-state index contributed by atoms with van der Waals surface area (Å²) in [5.74, 6) is -0.979. The second-order valence-electron chi connectivity index (χ2n) is 11.2. The number of fused-ring (bicyclic) bond motifs is 1. The molecule has 3 N–H and O–H groups in total. The molecule has 3 aliphatic heterocycles. The van der Waals surface area contributed by atoms with Gasteiger partial charge in [-0.1, -0.05) is 11.6 Å². The molecule has 6 rings (SSSR count). The van der Waals surface area contributed by atoms with Crippen LogP contribution in [0.1, 0.15) is 31.2 Å². The molecule has 2 aromatic heterocycles. The quantitative estimate of drug-likeness (QED) is 0.281. The minimum atomic E-state index is -4.94. The van der Waals surface area contributed by atoms with Crippen LogP contribution < -0.4 is 25.4 Å². The standard InChI is InChI=1S/C28H31ClF5N7O2/c1-36-5-8-40-6-3-9-42-25-19-23(21(31)22(37-25)17-10-16(35)11-18(29)20(17)28(32,33)34)38-26(39-24(19)40)43-14-27-4-2-7-41(27)13-15(30)12-27/h10-11,15,36H,2-9,12-14,35H2,1H3/t15-,27+/m1/s1. The first-order valence-electron chi connectivity index (χ1n) is 14.1. The summed E-state index contributed by atoms with van der Waals surface area (Å²) in [6, 6.07) is 1.75. The summed E-state index contributed by atoms with van der Waals surface area (Å²) >= 11 is 5.98. The molecule has 232 valence electrons. The van der Waals surface area contributed by atoms with Crippen LogP contribution in [0, 0.1) is 5.82 Å². The van der Waals surface area contributed by atoms with Crippen LogP contribution in [0.2, 0.25) is 5.02 Å². The molecule has 15 heteroatoms. The van der Waals surface area contributed by atoms with Gasteiger partial charge in [-0.05, 0) is 45.0 Å². The van der Waals surface area contributed by atoms with Gasteiger partial charge in [-0.3, -0.25) is 4.90 Å². The van der Waals surface area contributed by atoms with Crippen molar-refractivity contribution in [3.8, 4) is 23.1 Å². The molecule has 0 spiro atoms. The summed E-state index contributed by atoms with van der Waals surface area (Å²) in [6.07, 6.45) is -3.45. The number of nitrogen functional groups attached to an aromatic ring is 1. The highest BCUT2D eigenvalue weighted by Gasteiger charge is 2.49. The van der Waals surface area contributed by atoms with Crippen LogP contribution in [0.3, 0.4) is 0 Å². The van der Waals surface area contributed by atoms with E-state index in [4.69, 9.17) is 26.8 Å². The maximum atomic E-state index is 16.5. The van der Waals surface area contributed by atoms with Gasteiger partial charge < -0.3 is 25.4 Å². The molecule has 0 saturated carbocycles. The van der Waals surface area contributed by atoms with Gasteiger partial charge in [-0.25, -0.2) is 13.8 Å². The van der Waals surface area contributed by atoms with E-state index in [1.807, 2.05) is 4.90 Å². The normalized spacial score (nSPS) is 22.4. The number of benzene rings is 1. The third-order valence-corrected chi connectivity index (χ3v) is 8.63. The van der Waals surface area contributed by atoms with Gasteiger partial charge in [0.2, 0.25) is 5.88 Å². The van der Waals surface area contributed by atoms with E-state index in [0.717, 1.165) is 31.5 Å². The number of likely N-dealkylation sites (N-methyl/N-ethyl adjacent to an activating group) is 1.